The molecule has 0 fully saturated rings. The fraction of sp³-hybridized carbons (Fsp3) is 0.263. The second kappa shape index (κ2) is 7.56. The van der Waals surface area contributed by atoms with E-state index in [2.05, 4.69) is 0 Å². The molecule has 1 aromatic carbocycles. The lowest BCUT2D eigenvalue weighted by molar-refractivity contribution is -0.174. The number of esters is 1. The van der Waals surface area contributed by atoms with Crippen LogP contribution in [0.15, 0.2) is 42.5 Å². The number of fused-ring (bicyclic) bond motifs is 1. The van der Waals surface area contributed by atoms with Crippen molar-refractivity contribution < 1.29 is 27.5 Å². The topological polar surface area (TPSA) is 55.4 Å². The van der Waals surface area contributed by atoms with Crippen molar-refractivity contribution in [1.29, 1.82) is 0 Å². The molecule has 142 valence electrons. The molecule has 0 radical (unpaired) electrons. The van der Waals surface area contributed by atoms with Gasteiger partial charge in [0.2, 0.25) is 0 Å². The first-order chi connectivity index (χ1) is 12.8. The molecule has 4 nitrogen and oxygen atoms in total. The third-order valence-corrected chi connectivity index (χ3v) is 5.34. The Morgan fingerprint density at radius 2 is 2.00 bits per heavy atom. The standard InChI is InChI=1S/C19H16F3NO3S/c1-2-26-16(24)9-12-8-14(23-18(25)19(20,21)22)17-13(12)10-15(27-17)11-6-4-3-5-7-11/h3-7,9-10,14H,2,8H2,1H3,(H,23,25)/b12-9+. The summed E-state index contributed by atoms with van der Waals surface area (Å²) in [5.41, 5.74) is 2.13. The van der Waals surface area contributed by atoms with Gasteiger partial charge in [-0.15, -0.1) is 11.3 Å². The maximum Gasteiger partial charge on any atom is 0.471 e. The van der Waals surface area contributed by atoms with Crippen molar-refractivity contribution >= 4 is 28.8 Å². The normalized spacial score (nSPS) is 17.6. The molecular formula is C19H16F3NO3S. The predicted octanol–water partition coefficient (Wildman–Crippen LogP) is 4.48. The molecule has 0 aliphatic heterocycles. The molecule has 1 aliphatic rings. The van der Waals surface area contributed by atoms with Crippen molar-refractivity contribution in [1.82, 2.24) is 5.32 Å². The number of halogens is 3. The fourth-order valence-corrected chi connectivity index (χ4v) is 4.15. The minimum Gasteiger partial charge on any atom is -0.463 e. The van der Waals surface area contributed by atoms with Crippen LogP contribution in [-0.4, -0.2) is 24.7 Å². The summed E-state index contributed by atoms with van der Waals surface area (Å²) in [6.45, 7) is 1.86. The summed E-state index contributed by atoms with van der Waals surface area (Å²) in [6, 6.07) is 10.4. The van der Waals surface area contributed by atoms with E-state index in [1.165, 1.54) is 17.4 Å². The highest BCUT2D eigenvalue weighted by molar-refractivity contribution is 7.16. The lowest BCUT2D eigenvalue weighted by atomic mass is 10.1. The second-order valence-electron chi connectivity index (χ2n) is 5.90. The van der Waals surface area contributed by atoms with Crippen molar-refractivity contribution in [3.8, 4) is 10.4 Å². The maximum absolute atomic E-state index is 12.7. The SMILES string of the molecule is CCOC(=O)/C=C1\CC(NC(=O)C(F)(F)F)c2sc(-c3ccccc3)cc21. The van der Waals surface area contributed by atoms with E-state index in [1.54, 1.807) is 6.92 Å². The summed E-state index contributed by atoms with van der Waals surface area (Å²) < 4.78 is 42.9. The van der Waals surface area contributed by atoms with Gasteiger partial charge in [-0.2, -0.15) is 13.2 Å². The van der Waals surface area contributed by atoms with Crippen LogP contribution >= 0.6 is 11.3 Å². The molecule has 1 aromatic heterocycles. The Balaban J connectivity index is 1.97. The summed E-state index contributed by atoms with van der Waals surface area (Å²) in [4.78, 5) is 24.7. The second-order valence-corrected chi connectivity index (χ2v) is 6.99. The molecule has 1 heterocycles. The van der Waals surface area contributed by atoms with Gasteiger partial charge >= 0.3 is 18.1 Å². The van der Waals surface area contributed by atoms with E-state index in [4.69, 9.17) is 4.74 Å². The number of ether oxygens (including phenoxy) is 1. The molecule has 2 aromatic rings. The highest BCUT2D eigenvalue weighted by atomic mass is 32.1. The average Bonchev–Trinajstić information content (AvgIpc) is 3.17. The number of nitrogens with one attached hydrogen (secondary N) is 1. The Bertz CT molecular complexity index is 887. The van der Waals surface area contributed by atoms with E-state index >= 15 is 0 Å². The number of rotatable bonds is 4. The molecule has 0 bridgehead atoms. The number of hydrogen-bond donors (Lipinski definition) is 1. The van der Waals surface area contributed by atoms with Crippen LogP contribution in [0.2, 0.25) is 0 Å². The summed E-state index contributed by atoms with van der Waals surface area (Å²) in [6.07, 6.45) is -3.58. The molecule has 1 unspecified atom stereocenters. The summed E-state index contributed by atoms with van der Waals surface area (Å²) in [7, 11) is 0. The Morgan fingerprint density at radius 1 is 1.30 bits per heavy atom. The molecule has 1 atom stereocenters. The van der Waals surface area contributed by atoms with Gasteiger partial charge in [-0.1, -0.05) is 30.3 Å². The van der Waals surface area contributed by atoms with Gasteiger partial charge in [0.25, 0.3) is 0 Å². The van der Waals surface area contributed by atoms with Gasteiger partial charge in [0.05, 0.1) is 12.6 Å². The van der Waals surface area contributed by atoms with Crippen LogP contribution in [0.25, 0.3) is 16.0 Å². The minimum atomic E-state index is -4.96. The monoisotopic (exact) mass is 395 g/mol. The molecule has 27 heavy (non-hydrogen) atoms. The van der Waals surface area contributed by atoms with Crippen molar-refractivity contribution in [2.45, 2.75) is 25.6 Å². The van der Waals surface area contributed by atoms with Crippen molar-refractivity contribution in [3.63, 3.8) is 0 Å². The van der Waals surface area contributed by atoms with Crippen molar-refractivity contribution in [2.75, 3.05) is 6.61 Å². The van der Waals surface area contributed by atoms with Gasteiger partial charge in [0.1, 0.15) is 0 Å². The quantitative estimate of drug-likeness (QED) is 0.613. The molecule has 0 saturated carbocycles. The molecule has 0 spiro atoms. The van der Waals surface area contributed by atoms with Crippen LogP contribution in [-0.2, 0) is 14.3 Å². The van der Waals surface area contributed by atoms with Gasteiger partial charge in [-0.3, -0.25) is 4.79 Å². The summed E-state index contributed by atoms with van der Waals surface area (Å²) in [5, 5.41) is 2.03. The van der Waals surface area contributed by atoms with Gasteiger partial charge in [-0.05, 0) is 36.1 Å². The molecule has 1 amide bonds. The van der Waals surface area contributed by atoms with Gasteiger partial charge in [0.15, 0.2) is 0 Å². The number of carbonyl (C=O) groups is 2. The number of thiophene rings is 1. The van der Waals surface area contributed by atoms with E-state index in [9.17, 15) is 22.8 Å². The smallest absolute Gasteiger partial charge is 0.463 e. The van der Waals surface area contributed by atoms with Gasteiger partial charge in [-0.25, -0.2) is 4.79 Å². The molecule has 8 heteroatoms. The highest BCUT2D eigenvalue weighted by Crippen LogP contribution is 2.47. The zero-order valence-corrected chi connectivity index (χ0v) is 15.1. The largest absolute Gasteiger partial charge is 0.471 e. The van der Waals surface area contributed by atoms with E-state index in [0.29, 0.717) is 16.0 Å². The van der Waals surface area contributed by atoms with Gasteiger partial charge < -0.3 is 10.1 Å². The fourth-order valence-electron chi connectivity index (χ4n) is 2.90. The number of benzene rings is 1. The number of carbonyl (C=O) groups excluding carboxylic acids is 2. The average molecular weight is 395 g/mol. The number of alkyl halides is 3. The van der Waals surface area contributed by atoms with Crippen molar-refractivity contribution in [3.05, 3.63) is 52.9 Å². The third kappa shape index (κ3) is 4.21. The predicted molar refractivity (Wildman–Crippen MR) is 95.9 cm³/mol. The zero-order chi connectivity index (χ0) is 19.6. The lowest BCUT2D eigenvalue weighted by Gasteiger charge is -2.14. The summed E-state index contributed by atoms with van der Waals surface area (Å²) in [5.74, 6) is -2.56. The molecule has 1 N–H and O–H groups in total. The third-order valence-electron chi connectivity index (χ3n) is 4.05. The van der Waals surface area contributed by atoms with Crippen molar-refractivity contribution in [2.24, 2.45) is 0 Å². The van der Waals surface area contributed by atoms with E-state index in [-0.39, 0.29) is 13.0 Å². The van der Waals surface area contributed by atoms with E-state index < -0.39 is 24.1 Å². The number of amides is 1. The Hall–Kier alpha value is -2.61. The van der Waals surface area contributed by atoms with E-state index in [1.807, 2.05) is 41.7 Å². The lowest BCUT2D eigenvalue weighted by Crippen LogP contribution is -2.38. The number of hydrogen-bond acceptors (Lipinski definition) is 4. The molecule has 0 saturated heterocycles. The summed E-state index contributed by atoms with van der Waals surface area (Å²) >= 11 is 1.30. The van der Waals surface area contributed by atoms with Gasteiger partial charge in [0, 0.05) is 15.8 Å². The van der Waals surface area contributed by atoms with E-state index in [0.717, 1.165) is 10.4 Å². The molecule has 1 aliphatic carbocycles. The van der Waals surface area contributed by atoms with Crippen LogP contribution in [0.1, 0.15) is 29.8 Å². The Morgan fingerprint density at radius 3 is 2.63 bits per heavy atom. The zero-order valence-electron chi connectivity index (χ0n) is 14.3. The Kier molecular flexibility index (Phi) is 5.36. The van der Waals surface area contributed by atoms with Crippen LogP contribution in [0.5, 0.6) is 0 Å². The first kappa shape index (κ1) is 19.2. The van der Waals surface area contributed by atoms with Crippen LogP contribution in [0.4, 0.5) is 13.2 Å². The Labute approximate surface area is 157 Å². The molecular weight excluding hydrogens is 379 g/mol. The minimum absolute atomic E-state index is 0.108. The van der Waals surface area contributed by atoms with Crippen LogP contribution < -0.4 is 5.32 Å². The first-order valence-electron chi connectivity index (χ1n) is 8.24. The van der Waals surface area contributed by atoms with Crippen LogP contribution in [0.3, 0.4) is 0 Å². The first-order valence-corrected chi connectivity index (χ1v) is 9.05. The van der Waals surface area contributed by atoms with Crippen LogP contribution in [0, 0.1) is 0 Å². The maximum atomic E-state index is 12.7. The molecule has 3 rings (SSSR count). The highest BCUT2D eigenvalue weighted by Gasteiger charge is 2.42.